The van der Waals surface area contributed by atoms with Crippen LogP contribution in [0.1, 0.15) is 12.0 Å². The minimum Gasteiger partial charge on any atom is -0.380 e. The van der Waals surface area contributed by atoms with Crippen molar-refractivity contribution in [2.75, 3.05) is 18.4 Å². The van der Waals surface area contributed by atoms with Gasteiger partial charge >= 0.3 is 0 Å². The topological polar surface area (TPSA) is 60.7 Å². The van der Waals surface area contributed by atoms with E-state index in [0.717, 1.165) is 36.1 Å². The molecule has 1 aromatic heterocycles. The molecule has 2 heterocycles. The van der Waals surface area contributed by atoms with Crippen LogP contribution in [0.25, 0.3) is 10.9 Å². The van der Waals surface area contributed by atoms with E-state index >= 15 is 0 Å². The van der Waals surface area contributed by atoms with Gasteiger partial charge in [-0.15, -0.1) is 12.4 Å². The van der Waals surface area contributed by atoms with Crippen molar-refractivity contribution >= 4 is 29.0 Å². The average molecular weight is 275 g/mol. The first-order chi connectivity index (χ1) is 8.88. The third-order valence-corrected chi connectivity index (χ3v) is 3.31. The molecule has 1 unspecified atom stereocenters. The standard InChI is InChI=1S/C14H14N4.ClH/c15-8-10-3-4-13(18-11-5-7-16-9-11)12-2-1-6-17-14(10)12;/h1-4,6,11,16,18H,5,7,9H2;1H. The summed E-state index contributed by atoms with van der Waals surface area (Å²) < 4.78 is 0. The van der Waals surface area contributed by atoms with E-state index in [1.54, 1.807) is 6.20 Å². The highest BCUT2D eigenvalue weighted by molar-refractivity contribution is 5.94. The van der Waals surface area contributed by atoms with E-state index in [2.05, 4.69) is 21.7 Å². The number of nitrogens with zero attached hydrogens (tertiary/aromatic N) is 2. The molecule has 0 radical (unpaired) electrons. The molecule has 0 amide bonds. The van der Waals surface area contributed by atoms with Gasteiger partial charge < -0.3 is 10.6 Å². The number of rotatable bonds is 2. The zero-order chi connectivity index (χ0) is 12.4. The van der Waals surface area contributed by atoms with Crippen LogP contribution in [0.2, 0.25) is 0 Å². The Hall–Kier alpha value is -1.83. The molecule has 1 aromatic carbocycles. The molecule has 2 aromatic rings. The van der Waals surface area contributed by atoms with E-state index in [4.69, 9.17) is 5.26 Å². The van der Waals surface area contributed by atoms with Gasteiger partial charge in [-0.2, -0.15) is 5.26 Å². The summed E-state index contributed by atoms with van der Waals surface area (Å²) in [6, 6.07) is 10.4. The highest BCUT2D eigenvalue weighted by atomic mass is 35.5. The fourth-order valence-corrected chi connectivity index (χ4v) is 2.39. The smallest absolute Gasteiger partial charge is 0.101 e. The first-order valence-corrected chi connectivity index (χ1v) is 6.13. The minimum atomic E-state index is 0. The first-order valence-electron chi connectivity index (χ1n) is 6.13. The number of anilines is 1. The number of fused-ring (bicyclic) bond motifs is 1. The minimum absolute atomic E-state index is 0. The Morgan fingerprint density at radius 2 is 2.26 bits per heavy atom. The fraction of sp³-hybridized carbons (Fsp3) is 0.286. The van der Waals surface area contributed by atoms with Crippen LogP contribution in [0, 0.1) is 11.3 Å². The van der Waals surface area contributed by atoms with Gasteiger partial charge in [-0.25, -0.2) is 0 Å². The summed E-state index contributed by atoms with van der Waals surface area (Å²) in [4.78, 5) is 4.31. The normalized spacial score (nSPS) is 17.7. The highest BCUT2D eigenvalue weighted by Gasteiger charge is 2.15. The number of pyridine rings is 1. The van der Waals surface area contributed by atoms with Crippen molar-refractivity contribution < 1.29 is 0 Å². The Kier molecular flexibility index (Phi) is 4.20. The molecule has 19 heavy (non-hydrogen) atoms. The number of halogens is 1. The Bertz CT molecular complexity index is 614. The first kappa shape index (κ1) is 13.6. The van der Waals surface area contributed by atoms with Crippen LogP contribution in [0.5, 0.6) is 0 Å². The van der Waals surface area contributed by atoms with Crippen LogP contribution in [0.3, 0.4) is 0 Å². The van der Waals surface area contributed by atoms with Gasteiger partial charge in [0.15, 0.2) is 0 Å². The number of nitriles is 1. The zero-order valence-corrected chi connectivity index (χ0v) is 11.2. The average Bonchev–Trinajstić information content (AvgIpc) is 2.92. The van der Waals surface area contributed by atoms with E-state index in [1.807, 2.05) is 24.3 Å². The SMILES string of the molecule is Cl.N#Cc1ccc(NC2CCNC2)c2cccnc12. The molecule has 0 aliphatic carbocycles. The van der Waals surface area contributed by atoms with Crippen LogP contribution in [0.15, 0.2) is 30.5 Å². The summed E-state index contributed by atoms with van der Waals surface area (Å²) >= 11 is 0. The maximum Gasteiger partial charge on any atom is 0.101 e. The zero-order valence-electron chi connectivity index (χ0n) is 10.4. The van der Waals surface area contributed by atoms with Crippen molar-refractivity contribution in [2.45, 2.75) is 12.5 Å². The Labute approximate surface area is 118 Å². The molecule has 0 bridgehead atoms. The van der Waals surface area contributed by atoms with Crippen LogP contribution < -0.4 is 10.6 Å². The van der Waals surface area contributed by atoms with Gasteiger partial charge in [0.1, 0.15) is 6.07 Å². The molecule has 0 spiro atoms. The molecule has 0 saturated carbocycles. The Morgan fingerprint density at radius 3 is 3.00 bits per heavy atom. The van der Waals surface area contributed by atoms with E-state index < -0.39 is 0 Å². The molecule has 1 atom stereocenters. The lowest BCUT2D eigenvalue weighted by Crippen LogP contribution is -2.22. The summed E-state index contributed by atoms with van der Waals surface area (Å²) in [6.45, 7) is 2.05. The third kappa shape index (κ3) is 2.62. The molecule has 1 fully saturated rings. The van der Waals surface area contributed by atoms with Crippen molar-refractivity contribution in [1.29, 1.82) is 5.26 Å². The second-order valence-corrected chi connectivity index (χ2v) is 4.51. The second kappa shape index (κ2) is 5.87. The highest BCUT2D eigenvalue weighted by Crippen LogP contribution is 2.25. The number of benzene rings is 1. The molecule has 4 nitrogen and oxygen atoms in total. The molecule has 1 aliphatic rings. The quantitative estimate of drug-likeness (QED) is 0.882. The van der Waals surface area contributed by atoms with Gasteiger partial charge in [-0.1, -0.05) is 0 Å². The van der Waals surface area contributed by atoms with E-state index in [9.17, 15) is 0 Å². The molecule has 3 rings (SSSR count). The molecule has 98 valence electrons. The molecule has 2 N–H and O–H groups in total. The maximum atomic E-state index is 9.09. The summed E-state index contributed by atoms with van der Waals surface area (Å²) in [7, 11) is 0. The Morgan fingerprint density at radius 1 is 1.37 bits per heavy atom. The number of nitrogens with one attached hydrogen (secondary N) is 2. The number of hydrogen-bond acceptors (Lipinski definition) is 4. The van der Waals surface area contributed by atoms with E-state index in [0.29, 0.717) is 11.6 Å². The van der Waals surface area contributed by atoms with Crippen LogP contribution >= 0.6 is 12.4 Å². The van der Waals surface area contributed by atoms with E-state index in [1.165, 1.54) is 0 Å². The van der Waals surface area contributed by atoms with Crippen LogP contribution in [-0.2, 0) is 0 Å². The lowest BCUT2D eigenvalue weighted by atomic mass is 10.1. The maximum absolute atomic E-state index is 9.09. The Balaban J connectivity index is 0.00000133. The predicted molar refractivity (Wildman–Crippen MR) is 78.6 cm³/mol. The van der Waals surface area contributed by atoms with Gasteiger partial charge in [0.25, 0.3) is 0 Å². The van der Waals surface area contributed by atoms with Crippen molar-refractivity contribution in [3.8, 4) is 6.07 Å². The largest absolute Gasteiger partial charge is 0.380 e. The second-order valence-electron chi connectivity index (χ2n) is 4.51. The monoisotopic (exact) mass is 274 g/mol. The fourth-order valence-electron chi connectivity index (χ4n) is 2.39. The van der Waals surface area contributed by atoms with Gasteiger partial charge in [-0.3, -0.25) is 4.98 Å². The van der Waals surface area contributed by atoms with Crippen molar-refractivity contribution in [3.05, 3.63) is 36.0 Å². The summed E-state index contributed by atoms with van der Waals surface area (Å²) in [5, 5.41) is 17.0. The van der Waals surface area contributed by atoms with Gasteiger partial charge in [0.05, 0.1) is 11.1 Å². The molecular formula is C14H15ClN4. The third-order valence-electron chi connectivity index (χ3n) is 3.31. The van der Waals surface area contributed by atoms with Crippen LogP contribution in [0.4, 0.5) is 5.69 Å². The summed E-state index contributed by atoms with van der Waals surface area (Å²) in [5.74, 6) is 0. The van der Waals surface area contributed by atoms with Crippen molar-refractivity contribution in [2.24, 2.45) is 0 Å². The molecule has 5 heteroatoms. The predicted octanol–water partition coefficient (Wildman–Crippen LogP) is 2.30. The lowest BCUT2D eigenvalue weighted by Gasteiger charge is -2.15. The van der Waals surface area contributed by atoms with Gasteiger partial charge in [0, 0.05) is 29.9 Å². The molecular weight excluding hydrogens is 260 g/mol. The van der Waals surface area contributed by atoms with Crippen molar-refractivity contribution in [1.82, 2.24) is 10.3 Å². The molecule has 1 saturated heterocycles. The lowest BCUT2D eigenvalue weighted by molar-refractivity contribution is 0.794. The van der Waals surface area contributed by atoms with Crippen molar-refractivity contribution in [3.63, 3.8) is 0 Å². The number of hydrogen-bond donors (Lipinski definition) is 2. The van der Waals surface area contributed by atoms with E-state index in [-0.39, 0.29) is 12.4 Å². The molecule has 1 aliphatic heterocycles. The van der Waals surface area contributed by atoms with Crippen LogP contribution in [-0.4, -0.2) is 24.1 Å². The summed E-state index contributed by atoms with van der Waals surface area (Å²) in [6.07, 6.45) is 2.85. The number of aromatic nitrogens is 1. The van der Waals surface area contributed by atoms with Gasteiger partial charge in [-0.05, 0) is 37.2 Å². The van der Waals surface area contributed by atoms with Gasteiger partial charge in [0.2, 0.25) is 0 Å². The summed E-state index contributed by atoms with van der Waals surface area (Å²) in [5.41, 5.74) is 2.46.